The molecule has 0 unspecified atom stereocenters. The van der Waals surface area contributed by atoms with Gasteiger partial charge in [-0.05, 0) is 30.3 Å². The van der Waals surface area contributed by atoms with Crippen molar-refractivity contribution < 1.29 is 0 Å². The molecule has 3 nitrogen and oxygen atoms in total. The first-order chi connectivity index (χ1) is 22.3. The van der Waals surface area contributed by atoms with Crippen LogP contribution in [0.25, 0.3) is 90.6 Å². The SMILES string of the molecule is c1ccc(-c2nc(-c3cccc(-n4c5ccccc5c5ccc6c(sc7sc8ccccc8c76)c54)c3)nc3ccccc23)cc1. The van der Waals surface area contributed by atoms with E-state index in [1.54, 1.807) is 0 Å². The number of thiophene rings is 2. The molecule has 0 atom stereocenters. The van der Waals surface area contributed by atoms with Crippen LogP contribution in [0.1, 0.15) is 0 Å². The summed E-state index contributed by atoms with van der Waals surface area (Å²) in [5.41, 5.74) is 7.53. The van der Waals surface area contributed by atoms with Gasteiger partial charge in [0.05, 0.1) is 31.0 Å². The molecule has 6 aromatic carbocycles. The molecule has 4 heterocycles. The van der Waals surface area contributed by atoms with Crippen LogP contribution in [0.15, 0.2) is 140 Å². The van der Waals surface area contributed by atoms with Gasteiger partial charge in [-0.2, -0.15) is 0 Å². The van der Waals surface area contributed by atoms with Crippen LogP contribution in [-0.4, -0.2) is 14.5 Å². The predicted octanol–water partition coefficient (Wildman–Crippen LogP) is 11.6. The van der Waals surface area contributed by atoms with Crippen molar-refractivity contribution in [3.63, 3.8) is 0 Å². The van der Waals surface area contributed by atoms with Gasteiger partial charge in [-0.3, -0.25) is 0 Å². The van der Waals surface area contributed by atoms with Crippen LogP contribution in [-0.2, 0) is 0 Å². The number of para-hydroxylation sites is 2. The average Bonchev–Trinajstić information content (AvgIpc) is 3.76. The fraction of sp³-hybridized carbons (Fsp3) is 0. The van der Waals surface area contributed by atoms with Crippen molar-refractivity contribution in [2.75, 3.05) is 0 Å². The van der Waals surface area contributed by atoms with Crippen molar-refractivity contribution in [2.24, 2.45) is 0 Å². The summed E-state index contributed by atoms with van der Waals surface area (Å²) in [6, 6.07) is 49.6. The summed E-state index contributed by atoms with van der Waals surface area (Å²) in [6.45, 7) is 0. The van der Waals surface area contributed by atoms with Crippen LogP contribution < -0.4 is 0 Å². The Bertz CT molecular complexity index is 2770. The molecule has 0 saturated heterocycles. The van der Waals surface area contributed by atoms with E-state index in [-0.39, 0.29) is 0 Å². The van der Waals surface area contributed by atoms with Gasteiger partial charge < -0.3 is 4.57 Å². The standard InChI is InChI=1S/C40H23N3S2/c1-2-11-24(12-3-1)36-29-16-4-7-18-32(29)41-39(42-36)25-13-10-14-26(23-25)43-33-19-8-5-15-27(33)28-21-22-31-35-30-17-6-9-20-34(30)44-40(35)45-38(31)37(28)43/h1-23H. The minimum absolute atomic E-state index is 0.725. The zero-order valence-corrected chi connectivity index (χ0v) is 25.6. The van der Waals surface area contributed by atoms with E-state index < -0.39 is 0 Å². The summed E-state index contributed by atoms with van der Waals surface area (Å²) in [5.74, 6) is 0.725. The van der Waals surface area contributed by atoms with E-state index in [0.29, 0.717) is 0 Å². The molecule has 0 aliphatic heterocycles. The van der Waals surface area contributed by atoms with Gasteiger partial charge in [0.15, 0.2) is 5.82 Å². The maximum Gasteiger partial charge on any atom is 0.160 e. The lowest BCUT2D eigenvalue weighted by molar-refractivity contribution is 1.18. The summed E-state index contributed by atoms with van der Waals surface area (Å²) in [5, 5.41) is 7.63. The van der Waals surface area contributed by atoms with Crippen molar-refractivity contribution in [3.8, 4) is 28.3 Å². The maximum absolute atomic E-state index is 5.17. The third-order valence-corrected chi connectivity index (χ3v) is 11.3. The Balaban J connectivity index is 1.25. The largest absolute Gasteiger partial charge is 0.308 e. The van der Waals surface area contributed by atoms with Crippen LogP contribution in [0.4, 0.5) is 0 Å². The van der Waals surface area contributed by atoms with E-state index in [9.17, 15) is 0 Å². The first kappa shape index (κ1) is 25.0. The number of hydrogen-bond donors (Lipinski definition) is 0. The van der Waals surface area contributed by atoms with Gasteiger partial charge in [0.25, 0.3) is 0 Å². The predicted molar refractivity (Wildman–Crippen MR) is 193 cm³/mol. The quantitative estimate of drug-likeness (QED) is 0.199. The molecule has 0 fully saturated rings. The molecule has 0 N–H and O–H groups in total. The van der Waals surface area contributed by atoms with Gasteiger partial charge in [0.1, 0.15) is 0 Å². The molecule has 0 aliphatic rings. The molecule has 10 aromatic rings. The molecule has 0 saturated carbocycles. The van der Waals surface area contributed by atoms with Crippen LogP contribution in [0.5, 0.6) is 0 Å². The van der Waals surface area contributed by atoms with Gasteiger partial charge >= 0.3 is 0 Å². The molecule has 10 rings (SSSR count). The molecular formula is C40H23N3S2. The Labute approximate surface area is 266 Å². The Morgan fingerprint density at radius 3 is 2.16 bits per heavy atom. The van der Waals surface area contributed by atoms with E-state index in [0.717, 1.165) is 39.2 Å². The number of benzene rings is 6. The van der Waals surface area contributed by atoms with Crippen molar-refractivity contribution in [1.29, 1.82) is 0 Å². The summed E-state index contributed by atoms with van der Waals surface area (Å²) in [6.07, 6.45) is 0. The number of rotatable bonds is 3. The monoisotopic (exact) mass is 609 g/mol. The fourth-order valence-electron chi connectivity index (χ4n) is 6.84. The summed E-state index contributed by atoms with van der Waals surface area (Å²) in [4.78, 5) is 10.2. The second-order valence-corrected chi connectivity index (χ2v) is 13.7. The second-order valence-electron chi connectivity index (χ2n) is 11.4. The van der Waals surface area contributed by atoms with Gasteiger partial charge in [-0.15, -0.1) is 22.7 Å². The van der Waals surface area contributed by atoms with Crippen molar-refractivity contribution in [3.05, 3.63) is 140 Å². The zero-order valence-electron chi connectivity index (χ0n) is 23.9. The first-order valence-corrected chi connectivity index (χ1v) is 16.6. The molecule has 0 radical (unpaired) electrons. The average molecular weight is 610 g/mol. The van der Waals surface area contributed by atoms with Gasteiger partial charge in [0, 0.05) is 53.8 Å². The Hall–Kier alpha value is -5.36. The van der Waals surface area contributed by atoms with Crippen molar-refractivity contribution >= 4 is 85.0 Å². The molecule has 0 bridgehead atoms. The summed E-state index contributed by atoms with van der Waals surface area (Å²) >= 11 is 3.81. The lowest BCUT2D eigenvalue weighted by Gasteiger charge is -2.12. The highest BCUT2D eigenvalue weighted by Crippen LogP contribution is 2.48. The highest BCUT2D eigenvalue weighted by atomic mass is 32.2. The fourth-order valence-corrected chi connectivity index (χ4v) is 9.56. The summed E-state index contributed by atoms with van der Waals surface area (Å²) in [7, 11) is 0. The number of fused-ring (bicyclic) bond motifs is 10. The molecule has 5 heteroatoms. The lowest BCUT2D eigenvalue weighted by atomic mass is 10.1. The Morgan fingerprint density at radius 2 is 1.24 bits per heavy atom. The van der Waals surface area contributed by atoms with Crippen LogP contribution >= 0.6 is 22.7 Å². The van der Waals surface area contributed by atoms with Gasteiger partial charge in [-0.1, -0.05) is 109 Å². The van der Waals surface area contributed by atoms with Crippen molar-refractivity contribution in [2.45, 2.75) is 0 Å². The van der Waals surface area contributed by atoms with E-state index in [1.165, 1.54) is 51.4 Å². The number of nitrogens with zero attached hydrogens (tertiary/aromatic N) is 3. The number of aromatic nitrogens is 3. The lowest BCUT2D eigenvalue weighted by Crippen LogP contribution is -1.98. The molecule has 0 aliphatic carbocycles. The first-order valence-electron chi connectivity index (χ1n) is 15.0. The minimum Gasteiger partial charge on any atom is -0.308 e. The smallest absolute Gasteiger partial charge is 0.160 e. The third-order valence-electron chi connectivity index (χ3n) is 8.83. The van der Waals surface area contributed by atoms with E-state index in [4.69, 9.17) is 9.97 Å². The highest BCUT2D eigenvalue weighted by molar-refractivity contribution is 7.45. The molecule has 0 spiro atoms. The number of hydrogen-bond acceptors (Lipinski definition) is 4. The molecular weight excluding hydrogens is 587 g/mol. The summed E-state index contributed by atoms with van der Waals surface area (Å²) < 4.78 is 6.49. The minimum atomic E-state index is 0.725. The highest BCUT2D eigenvalue weighted by Gasteiger charge is 2.20. The van der Waals surface area contributed by atoms with Crippen LogP contribution in [0.3, 0.4) is 0 Å². The molecule has 210 valence electrons. The molecule has 45 heavy (non-hydrogen) atoms. The maximum atomic E-state index is 5.17. The zero-order chi connectivity index (χ0) is 29.5. The van der Waals surface area contributed by atoms with Crippen LogP contribution in [0.2, 0.25) is 0 Å². The molecule has 0 amide bonds. The Kier molecular flexibility index (Phi) is 5.32. The van der Waals surface area contributed by atoms with Gasteiger partial charge in [0.2, 0.25) is 0 Å². The molecule has 4 aromatic heterocycles. The Morgan fingerprint density at radius 1 is 0.511 bits per heavy atom. The second kappa shape index (κ2) is 9.57. The van der Waals surface area contributed by atoms with E-state index >= 15 is 0 Å². The third kappa shape index (κ3) is 3.69. The van der Waals surface area contributed by atoms with E-state index in [1.807, 2.05) is 34.8 Å². The topological polar surface area (TPSA) is 30.7 Å². The normalized spacial score (nSPS) is 12.0. The van der Waals surface area contributed by atoms with Crippen molar-refractivity contribution in [1.82, 2.24) is 14.5 Å². The van der Waals surface area contributed by atoms with Gasteiger partial charge in [-0.25, -0.2) is 9.97 Å². The van der Waals surface area contributed by atoms with E-state index in [2.05, 4.69) is 132 Å². The van der Waals surface area contributed by atoms with Crippen LogP contribution in [0, 0.1) is 0 Å².